The lowest BCUT2D eigenvalue weighted by molar-refractivity contribution is 0.184. The molecule has 0 aromatic carbocycles. The van der Waals surface area contributed by atoms with Gasteiger partial charge in [-0.3, -0.25) is 4.98 Å². The van der Waals surface area contributed by atoms with Gasteiger partial charge >= 0.3 is 0 Å². The van der Waals surface area contributed by atoms with Crippen LogP contribution in [0.4, 0.5) is 0 Å². The Bertz CT molecular complexity index is 210. The molecule has 0 saturated carbocycles. The van der Waals surface area contributed by atoms with Gasteiger partial charge in [0.15, 0.2) is 0 Å². The van der Waals surface area contributed by atoms with Crippen LogP contribution in [0.5, 0.6) is 0 Å². The molecule has 0 fully saturated rings. The fourth-order valence-corrected chi connectivity index (χ4v) is 0.826. The fraction of sp³-hybridized carbons (Fsp3) is 0.375. The number of aromatic nitrogens is 1. The van der Waals surface area contributed by atoms with Crippen LogP contribution in [0.25, 0.3) is 0 Å². The highest BCUT2D eigenvalue weighted by atomic mass is 16.5. The zero-order valence-electron chi connectivity index (χ0n) is 6.29. The molecule has 0 spiro atoms. The maximum absolute atomic E-state index is 4.97. The minimum absolute atomic E-state index is 0.652. The molecule has 1 aromatic rings. The summed E-state index contributed by atoms with van der Waals surface area (Å²) in [6, 6.07) is 3.94. The van der Waals surface area contributed by atoms with Crippen molar-refractivity contribution in [2.24, 2.45) is 0 Å². The van der Waals surface area contributed by atoms with Crippen LogP contribution in [0, 0.1) is 6.92 Å². The predicted molar refractivity (Wildman–Crippen MR) is 39.7 cm³/mol. The molecule has 1 heterocycles. The van der Waals surface area contributed by atoms with E-state index in [1.54, 1.807) is 13.3 Å². The first-order valence-corrected chi connectivity index (χ1v) is 3.24. The number of methoxy groups -OCH3 is 1. The van der Waals surface area contributed by atoms with E-state index in [1.165, 1.54) is 0 Å². The van der Waals surface area contributed by atoms with Gasteiger partial charge in [-0.15, -0.1) is 0 Å². The summed E-state index contributed by atoms with van der Waals surface area (Å²) in [7, 11) is 1.69. The topological polar surface area (TPSA) is 22.1 Å². The largest absolute Gasteiger partial charge is 0.380 e. The summed E-state index contributed by atoms with van der Waals surface area (Å²) in [6.07, 6.45) is 1.79. The zero-order chi connectivity index (χ0) is 7.40. The molecule has 10 heavy (non-hydrogen) atoms. The van der Waals surface area contributed by atoms with Crippen molar-refractivity contribution in [3.05, 3.63) is 29.6 Å². The van der Waals surface area contributed by atoms with E-state index in [2.05, 4.69) is 4.98 Å². The molecule has 2 nitrogen and oxygen atoms in total. The van der Waals surface area contributed by atoms with Gasteiger partial charge in [-0.05, 0) is 18.6 Å². The van der Waals surface area contributed by atoms with Crippen molar-refractivity contribution in [3.8, 4) is 0 Å². The molecular formula is C8H11NO. The van der Waals surface area contributed by atoms with Crippen molar-refractivity contribution in [3.63, 3.8) is 0 Å². The predicted octanol–water partition coefficient (Wildman–Crippen LogP) is 1.54. The van der Waals surface area contributed by atoms with Crippen LogP contribution in [0.3, 0.4) is 0 Å². The molecule has 0 bridgehead atoms. The smallest absolute Gasteiger partial charge is 0.0730 e. The van der Waals surface area contributed by atoms with Gasteiger partial charge in [-0.1, -0.05) is 6.07 Å². The Morgan fingerprint density at radius 3 is 3.00 bits per heavy atom. The lowest BCUT2D eigenvalue weighted by atomic mass is 10.2. The quantitative estimate of drug-likeness (QED) is 0.616. The highest BCUT2D eigenvalue weighted by Gasteiger charge is 1.94. The minimum Gasteiger partial charge on any atom is -0.380 e. The van der Waals surface area contributed by atoms with Crippen molar-refractivity contribution < 1.29 is 4.74 Å². The SMILES string of the molecule is COCc1cccnc1C. The van der Waals surface area contributed by atoms with Crippen molar-refractivity contribution in [2.75, 3.05) is 7.11 Å². The third kappa shape index (κ3) is 1.54. The van der Waals surface area contributed by atoms with Crippen LogP contribution in [0.1, 0.15) is 11.3 Å². The average Bonchev–Trinajstić information content (AvgIpc) is 1.94. The Morgan fingerprint density at radius 2 is 2.40 bits per heavy atom. The second kappa shape index (κ2) is 3.32. The summed E-state index contributed by atoms with van der Waals surface area (Å²) in [5.41, 5.74) is 2.20. The monoisotopic (exact) mass is 137 g/mol. The Hall–Kier alpha value is -0.890. The maximum Gasteiger partial charge on any atom is 0.0730 e. The van der Waals surface area contributed by atoms with E-state index < -0.39 is 0 Å². The van der Waals surface area contributed by atoms with Crippen LogP contribution in [-0.4, -0.2) is 12.1 Å². The molecule has 54 valence electrons. The molecule has 0 saturated heterocycles. The fourth-order valence-electron chi connectivity index (χ4n) is 0.826. The molecule has 0 radical (unpaired) electrons. The van der Waals surface area contributed by atoms with Gasteiger partial charge in [0.25, 0.3) is 0 Å². The molecule has 0 aliphatic rings. The number of pyridine rings is 1. The molecule has 0 atom stereocenters. The number of rotatable bonds is 2. The Balaban J connectivity index is 2.81. The lowest BCUT2D eigenvalue weighted by Gasteiger charge is -2.00. The van der Waals surface area contributed by atoms with E-state index in [9.17, 15) is 0 Å². The second-order valence-corrected chi connectivity index (χ2v) is 2.18. The van der Waals surface area contributed by atoms with Crippen LogP contribution in [-0.2, 0) is 11.3 Å². The Labute approximate surface area is 60.9 Å². The molecule has 0 unspecified atom stereocenters. The first-order chi connectivity index (χ1) is 4.84. The molecule has 1 aromatic heterocycles. The van der Waals surface area contributed by atoms with E-state index in [0.29, 0.717) is 6.61 Å². The minimum atomic E-state index is 0.652. The Kier molecular flexibility index (Phi) is 2.40. The summed E-state index contributed by atoms with van der Waals surface area (Å²) in [4.78, 5) is 4.12. The van der Waals surface area contributed by atoms with Crippen LogP contribution < -0.4 is 0 Å². The van der Waals surface area contributed by atoms with E-state index >= 15 is 0 Å². The standard InChI is InChI=1S/C8H11NO/c1-7-8(6-10-2)4-3-5-9-7/h3-5H,6H2,1-2H3. The molecule has 0 aliphatic carbocycles. The van der Waals surface area contributed by atoms with Gasteiger partial charge in [-0.2, -0.15) is 0 Å². The number of nitrogens with zero attached hydrogens (tertiary/aromatic N) is 1. The number of ether oxygens (including phenoxy) is 1. The first-order valence-electron chi connectivity index (χ1n) is 3.24. The van der Waals surface area contributed by atoms with Gasteiger partial charge < -0.3 is 4.74 Å². The van der Waals surface area contributed by atoms with E-state index in [0.717, 1.165) is 11.3 Å². The summed E-state index contributed by atoms with van der Waals surface area (Å²) >= 11 is 0. The average molecular weight is 137 g/mol. The molecule has 0 N–H and O–H groups in total. The molecule has 0 aliphatic heterocycles. The summed E-state index contributed by atoms with van der Waals surface area (Å²) in [5.74, 6) is 0. The maximum atomic E-state index is 4.97. The summed E-state index contributed by atoms with van der Waals surface area (Å²) in [5, 5.41) is 0. The normalized spacial score (nSPS) is 9.80. The highest BCUT2D eigenvalue weighted by molar-refractivity contribution is 5.16. The van der Waals surface area contributed by atoms with Crippen molar-refractivity contribution in [1.29, 1.82) is 0 Å². The number of aryl methyl sites for hydroxylation is 1. The van der Waals surface area contributed by atoms with E-state index in [4.69, 9.17) is 4.74 Å². The Morgan fingerprint density at radius 1 is 1.60 bits per heavy atom. The lowest BCUT2D eigenvalue weighted by Crippen LogP contribution is -1.92. The van der Waals surface area contributed by atoms with E-state index in [1.807, 2.05) is 19.1 Å². The third-order valence-corrected chi connectivity index (χ3v) is 1.42. The molecule has 0 amide bonds. The van der Waals surface area contributed by atoms with E-state index in [-0.39, 0.29) is 0 Å². The van der Waals surface area contributed by atoms with Crippen molar-refractivity contribution in [1.82, 2.24) is 4.98 Å². The molecule has 1 rings (SSSR count). The molecular weight excluding hydrogens is 126 g/mol. The van der Waals surface area contributed by atoms with Gasteiger partial charge in [0.2, 0.25) is 0 Å². The van der Waals surface area contributed by atoms with Gasteiger partial charge in [0.1, 0.15) is 0 Å². The van der Waals surface area contributed by atoms with Crippen molar-refractivity contribution in [2.45, 2.75) is 13.5 Å². The van der Waals surface area contributed by atoms with Crippen LogP contribution in [0.2, 0.25) is 0 Å². The number of hydrogen-bond donors (Lipinski definition) is 0. The second-order valence-electron chi connectivity index (χ2n) is 2.18. The number of hydrogen-bond acceptors (Lipinski definition) is 2. The van der Waals surface area contributed by atoms with Gasteiger partial charge in [0, 0.05) is 19.0 Å². The van der Waals surface area contributed by atoms with Crippen LogP contribution >= 0.6 is 0 Å². The van der Waals surface area contributed by atoms with Gasteiger partial charge in [0.05, 0.1) is 6.61 Å². The zero-order valence-corrected chi connectivity index (χ0v) is 6.29. The van der Waals surface area contributed by atoms with Gasteiger partial charge in [-0.25, -0.2) is 0 Å². The van der Waals surface area contributed by atoms with Crippen LogP contribution in [0.15, 0.2) is 18.3 Å². The molecule has 2 heteroatoms. The highest BCUT2D eigenvalue weighted by Crippen LogP contribution is 2.03. The first kappa shape index (κ1) is 7.22. The summed E-state index contributed by atoms with van der Waals surface area (Å²) < 4.78 is 4.97. The third-order valence-electron chi connectivity index (χ3n) is 1.42. The van der Waals surface area contributed by atoms with Crippen molar-refractivity contribution >= 4 is 0 Å². The summed E-state index contributed by atoms with van der Waals surface area (Å²) in [6.45, 7) is 2.63.